The summed E-state index contributed by atoms with van der Waals surface area (Å²) in [5.41, 5.74) is 3.79. The molecule has 0 bridgehead atoms. The van der Waals surface area contributed by atoms with Crippen molar-refractivity contribution in [2.75, 3.05) is 10.6 Å². The maximum absolute atomic E-state index is 12.9. The van der Waals surface area contributed by atoms with Crippen molar-refractivity contribution < 1.29 is 9.59 Å². The monoisotopic (exact) mass is 425 g/mol. The van der Waals surface area contributed by atoms with E-state index in [1.807, 2.05) is 26.0 Å². The van der Waals surface area contributed by atoms with E-state index in [2.05, 4.69) is 21.7 Å². The second kappa shape index (κ2) is 9.11. The van der Waals surface area contributed by atoms with Crippen LogP contribution in [0.3, 0.4) is 0 Å². The van der Waals surface area contributed by atoms with Gasteiger partial charge in [-0.25, -0.2) is 4.98 Å². The number of anilines is 2. The van der Waals surface area contributed by atoms with Crippen LogP contribution in [-0.2, 0) is 4.79 Å². The third-order valence-corrected chi connectivity index (χ3v) is 5.60. The number of rotatable bonds is 5. The number of benzene rings is 2. The van der Waals surface area contributed by atoms with Crippen molar-refractivity contribution in [3.63, 3.8) is 0 Å². The Kier molecular flexibility index (Phi) is 6.56. The van der Waals surface area contributed by atoms with Crippen molar-refractivity contribution in [3.8, 4) is 0 Å². The zero-order chi connectivity index (χ0) is 21.0. The maximum Gasteiger partial charge on any atom is 0.258 e. The molecule has 0 spiro atoms. The summed E-state index contributed by atoms with van der Waals surface area (Å²) in [4.78, 5) is 29.5. The van der Waals surface area contributed by atoms with Gasteiger partial charge in [-0.1, -0.05) is 41.1 Å². The number of pyridine rings is 1. The Balaban J connectivity index is 1.82. The largest absolute Gasteiger partial charge is 0.326 e. The minimum atomic E-state index is -0.306. The molecule has 0 atom stereocenters. The Morgan fingerprint density at radius 1 is 1.03 bits per heavy atom. The van der Waals surface area contributed by atoms with Crippen LogP contribution < -0.4 is 10.6 Å². The van der Waals surface area contributed by atoms with Gasteiger partial charge in [-0.3, -0.25) is 9.59 Å². The number of carbonyl (C=O) groups excluding carboxylic acids is 2. The fraction of sp³-hybridized carbons (Fsp3) is 0.136. The zero-order valence-corrected chi connectivity index (χ0v) is 17.8. The van der Waals surface area contributed by atoms with Crippen molar-refractivity contribution >= 4 is 46.6 Å². The minimum Gasteiger partial charge on any atom is -0.326 e. The van der Waals surface area contributed by atoms with Gasteiger partial charge in [-0.2, -0.15) is 0 Å². The summed E-state index contributed by atoms with van der Waals surface area (Å²) in [5.74, 6) is -0.499. The van der Waals surface area contributed by atoms with Crippen LogP contribution in [0.1, 0.15) is 28.4 Å². The average Bonchev–Trinajstić information content (AvgIpc) is 2.66. The molecule has 0 fully saturated rings. The molecule has 0 saturated heterocycles. The van der Waals surface area contributed by atoms with Gasteiger partial charge in [0.05, 0.1) is 16.3 Å². The summed E-state index contributed by atoms with van der Waals surface area (Å²) in [6.45, 7) is 5.50. The normalized spacial score (nSPS) is 10.5. The molecule has 2 aromatic carbocycles. The van der Waals surface area contributed by atoms with E-state index in [9.17, 15) is 9.59 Å². The predicted octanol–water partition coefficient (Wildman–Crippen LogP) is 5.71. The first-order valence-electron chi connectivity index (χ1n) is 8.92. The first kappa shape index (κ1) is 20.9. The fourth-order valence-corrected chi connectivity index (χ4v) is 3.93. The summed E-state index contributed by atoms with van der Waals surface area (Å²) in [7, 11) is 0. The molecule has 3 rings (SSSR count). The summed E-state index contributed by atoms with van der Waals surface area (Å²) < 4.78 is 0. The van der Waals surface area contributed by atoms with Crippen LogP contribution in [0.4, 0.5) is 11.4 Å². The molecule has 29 heavy (non-hydrogen) atoms. The lowest BCUT2D eigenvalue weighted by Crippen LogP contribution is -2.14. The van der Waals surface area contributed by atoms with Gasteiger partial charge in [0.25, 0.3) is 5.91 Å². The van der Waals surface area contributed by atoms with Crippen LogP contribution in [0.2, 0.25) is 5.02 Å². The lowest BCUT2D eigenvalue weighted by atomic mass is 10.2. The van der Waals surface area contributed by atoms with E-state index in [1.165, 1.54) is 24.2 Å². The number of aryl methyl sites for hydroxylation is 2. The summed E-state index contributed by atoms with van der Waals surface area (Å²) >= 11 is 7.71. The molecule has 2 N–H and O–H groups in total. The van der Waals surface area contributed by atoms with E-state index in [0.717, 1.165) is 10.5 Å². The number of amides is 2. The summed E-state index contributed by atoms with van der Waals surface area (Å²) in [6, 6.07) is 14.5. The highest BCUT2D eigenvalue weighted by molar-refractivity contribution is 7.99. The van der Waals surface area contributed by atoms with Gasteiger partial charge >= 0.3 is 0 Å². The second-order valence-corrected chi connectivity index (χ2v) is 7.99. The summed E-state index contributed by atoms with van der Waals surface area (Å²) in [5, 5.41) is 6.42. The molecule has 1 aromatic heterocycles. The fourth-order valence-electron chi connectivity index (χ4n) is 2.75. The van der Waals surface area contributed by atoms with Crippen LogP contribution in [-0.4, -0.2) is 16.8 Å². The van der Waals surface area contributed by atoms with Crippen molar-refractivity contribution in [3.05, 3.63) is 76.4 Å². The molecule has 0 aliphatic carbocycles. The average molecular weight is 426 g/mol. The summed E-state index contributed by atoms with van der Waals surface area (Å²) in [6.07, 6.45) is 1.66. The van der Waals surface area contributed by atoms with Crippen LogP contribution in [0, 0.1) is 13.8 Å². The van der Waals surface area contributed by atoms with Gasteiger partial charge in [0.2, 0.25) is 5.91 Å². The number of carbonyl (C=O) groups is 2. The number of hydrogen-bond acceptors (Lipinski definition) is 4. The van der Waals surface area contributed by atoms with E-state index < -0.39 is 0 Å². The first-order valence-corrected chi connectivity index (χ1v) is 10.1. The molecule has 0 unspecified atom stereocenters. The first-order chi connectivity index (χ1) is 13.8. The minimum absolute atomic E-state index is 0.193. The number of nitrogens with zero attached hydrogens (tertiary/aromatic N) is 1. The molecule has 2 amide bonds. The Bertz CT molecular complexity index is 1090. The third kappa shape index (κ3) is 5.37. The van der Waals surface area contributed by atoms with Gasteiger partial charge in [0.1, 0.15) is 5.03 Å². The highest BCUT2D eigenvalue weighted by Gasteiger charge is 2.16. The Labute approximate surface area is 178 Å². The molecule has 0 radical (unpaired) electrons. The van der Waals surface area contributed by atoms with Crippen molar-refractivity contribution in [1.29, 1.82) is 0 Å². The molecular weight excluding hydrogens is 406 g/mol. The zero-order valence-electron chi connectivity index (χ0n) is 16.2. The SMILES string of the molecule is CC(=O)Nc1ccc(NC(=O)c2cccnc2Sc2ccc(C)cc2C)c(Cl)c1. The Morgan fingerprint density at radius 2 is 1.83 bits per heavy atom. The number of halogens is 1. The van der Waals surface area contributed by atoms with E-state index >= 15 is 0 Å². The van der Waals surface area contributed by atoms with E-state index in [1.54, 1.807) is 36.5 Å². The lowest BCUT2D eigenvalue weighted by molar-refractivity contribution is -0.114. The smallest absolute Gasteiger partial charge is 0.258 e. The number of nitrogens with one attached hydrogen (secondary N) is 2. The highest BCUT2D eigenvalue weighted by Crippen LogP contribution is 2.32. The van der Waals surface area contributed by atoms with Gasteiger partial charge in [0, 0.05) is 23.7 Å². The number of hydrogen-bond donors (Lipinski definition) is 2. The van der Waals surface area contributed by atoms with Gasteiger partial charge < -0.3 is 10.6 Å². The van der Waals surface area contributed by atoms with Crippen LogP contribution in [0.25, 0.3) is 0 Å². The maximum atomic E-state index is 12.9. The van der Waals surface area contributed by atoms with Crippen molar-refractivity contribution in [1.82, 2.24) is 4.98 Å². The van der Waals surface area contributed by atoms with E-state index in [4.69, 9.17) is 11.6 Å². The molecule has 1 heterocycles. The molecule has 3 aromatic rings. The van der Waals surface area contributed by atoms with E-state index in [-0.39, 0.29) is 11.8 Å². The highest BCUT2D eigenvalue weighted by atomic mass is 35.5. The molecule has 0 aliphatic heterocycles. The molecule has 148 valence electrons. The third-order valence-electron chi connectivity index (χ3n) is 4.09. The van der Waals surface area contributed by atoms with Gasteiger partial charge in [-0.15, -0.1) is 0 Å². The standard InChI is InChI=1S/C22H20ClN3O2S/c1-13-6-9-20(14(2)11-13)29-22-17(5-4-10-24-22)21(28)26-19-8-7-16(12-18(19)23)25-15(3)27/h4-12H,1-3H3,(H,25,27)(H,26,28). The van der Waals surface area contributed by atoms with Crippen LogP contribution in [0.15, 0.2) is 64.6 Å². The topological polar surface area (TPSA) is 71.1 Å². The van der Waals surface area contributed by atoms with Crippen molar-refractivity contribution in [2.24, 2.45) is 0 Å². The number of aromatic nitrogens is 1. The Hall–Kier alpha value is -2.83. The molecule has 0 saturated carbocycles. The van der Waals surface area contributed by atoms with Gasteiger partial charge in [-0.05, 0) is 55.8 Å². The van der Waals surface area contributed by atoms with Gasteiger partial charge in [0.15, 0.2) is 0 Å². The van der Waals surface area contributed by atoms with Crippen molar-refractivity contribution in [2.45, 2.75) is 30.7 Å². The molecular formula is C22H20ClN3O2S. The molecule has 0 aliphatic rings. The quantitative estimate of drug-likeness (QED) is 0.548. The molecule has 7 heteroatoms. The predicted molar refractivity (Wildman–Crippen MR) is 118 cm³/mol. The molecule has 5 nitrogen and oxygen atoms in total. The van der Waals surface area contributed by atoms with E-state index in [0.29, 0.717) is 27.0 Å². The Morgan fingerprint density at radius 3 is 2.52 bits per heavy atom. The van der Waals surface area contributed by atoms with Crippen LogP contribution >= 0.6 is 23.4 Å². The van der Waals surface area contributed by atoms with Crippen LogP contribution in [0.5, 0.6) is 0 Å². The second-order valence-electron chi connectivity index (χ2n) is 6.56. The lowest BCUT2D eigenvalue weighted by Gasteiger charge is -2.12.